The van der Waals surface area contributed by atoms with E-state index in [0.29, 0.717) is 0 Å². The number of aryl methyl sites for hydroxylation is 2. The van der Waals surface area contributed by atoms with Crippen LogP contribution in [0, 0.1) is 19.8 Å². The molecule has 0 fully saturated rings. The van der Waals surface area contributed by atoms with Crippen molar-refractivity contribution in [2.24, 2.45) is 5.92 Å². The smallest absolute Gasteiger partial charge is 0.0399 e. The lowest BCUT2D eigenvalue weighted by Gasteiger charge is -2.13. The molecule has 0 aliphatic carbocycles. The first kappa shape index (κ1) is 11.1. The molecule has 0 unspecified atom stereocenters. The highest BCUT2D eigenvalue weighted by Gasteiger charge is 2.00. The molecule has 1 N–H and O–H groups in total. The van der Waals surface area contributed by atoms with E-state index in [-0.39, 0.29) is 0 Å². The molecule has 0 heterocycles. The van der Waals surface area contributed by atoms with Crippen molar-refractivity contribution in [1.82, 2.24) is 0 Å². The van der Waals surface area contributed by atoms with E-state index >= 15 is 0 Å². The quantitative estimate of drug-likeness (QED) is 0.764. The molecule has 1 rings (SSSR count). The largest absolute Gasteiger partial charge is 0.385 e. The minimum absolute atomic E-state index is 0.770. The van der Waals surface area contributed by atoms with Gasteiger partial charge < -0.3 is 5.32 Å². The Balaban J connectivity index is 2.58. The van der Waals surface area contributed by atoms with Crippen LogP contribution in [-0.2, 0) is 0 Å². The van der Waals surface area contributed by atoms with Crippen LogP contribution in [0.15, 0.2) is 18.2 Å². The van der Waals surface area contributed by atoms with Gasteiger partial charge in [0.05, 0.1) is 0 Å². The Morgan fingerprint density at radius 3 is 2.21 bits per heavy atom. The zero-order valence-electron chi connectivity index (χ0n) is 9.72. The molecule has 0 radical (unpaired) electrons. The monoisotopic (exact) mass is 191 g/mol. The third-order valence-electron chi connectivity index (χ3n) is 2.50. The van der Waals surface area contributed by atoms with Crippen molar-refractivity contribution in [1.29, 1.82) is 0 Å². The summed E-state index contributed by atoms with van der Waals surface area (Å²) >= 11 is 0. The molecule has 1 aromatic rings. The molecule has 0 saturated heterocycles. The van der Waals surface area contributed by atoms with Crippen molar-refractivity contribution in [2.45, 2.75) is 34.1 Å². The average Bonchev–Trinajstić information content (AvgIpc) is 2.09. The molecular weight excluding hydrogens is 170 g/mol. The summed E-state index contributed by atoms with van der Waals surface area (Å²) in [5.41, 5.74) is 4.00. The Bertz CT molecular complexity index is 269. The van der Waals surface area contributed by atoms with Gasteiger partial charge in [-0.3, -0.25) is 0 Å². The maximum atomic E-state index is 3.51. The first-order chi connectivity index (χ1) is 6.61. The standard InChI is InChI=1S/C13H21N/c1-10(2)8-9-14-13-11(3)6-5-7-12(13)4/h5-7,10,14H,8-9H2,1-4H3. The zero-order chi connectivity index (χ0) is 10.6. The second kappa shape index (κ2) is 5.04. The van der Waals surface area contributed by atoms with Crippen molar-refractivity contribution in [3.05, 3.63) is 29.3 Å². The van der Waals surface area contributed by atoms with Gasteiger partial charge in [0.15, 0.2) is 0 Å². The lowest BCUT2D eigenvalue weighted by Crippen LogP contribution is -2.07. The van der Waals surface area contributed by atoms with Crippen molar-refractivity contribution < 1.29 is 0 Å². The van der Waals surface area contributed by atoms with Crippen LogP contribution < -0.4 is 5.32 Å². The minimum atomic E-state index is 0.770. The SMILES string of the molecule is Cc1cccc(C)c1NCCC(C)C. The van der Waals surface area contributed by atoms with E-state index < -0.39 is 0 Å². The van der Waals surface area contributed by atoms with Gasteiger partial charge in [-0.15, -0.1) is 0 Å². The van der Waals surface area contributed by atoms with Crippen LogP contribution in [0.4, 0.5) is 5.69 Å². The fourth-order valence-electron chi connectivity index (χ4n) is 1.58. The Hall–Kier alpha value is -0.980. The van der Waals surface area contributed by atoms with Gasteiger partial charge in [0.1, 0.15) is 0 Å². The average molecular weight is 191 g/mol. The maximum Gasteiger partial charge on any atom is 0.0399 e. The molecule has 78 valence electrons. The molecule has 0 bridgehead atoms. The van der Waals surface area contributed by atoms with Crippen LogP contribution >= 0.6 is 0 Å². The molecule has 0 amide bonds. The van der Waals surface area contributed by atoms with Gasteiger partial charge in [0.2, 0.25) is 0 Å². The summed E-state index contributed by atoms with van der Waals surface area (Å²) in [5.74, 6) is 0.770. The Morgan fingerprint density at radius 1 is 1.14 bits per heavy atom. The highest BCUT2D eigenvalue weighted by molar-refractivity contribution is 5.56. The number of anilines is 1. The first-order valence-corrected chi connectivity index (χ1v) is 5.41. The Morgan fingerprint density at radius 2 is 1.71 bits per heavy atom. The zero-order valence-corrected chi connectivity index (χ0v) is 9.72. The summed E-state index contributed by atoms with van der Waals surface area (Å²) < 4.78 is 0. The fourth-order valence-corrected chi connectivity index (χ4v) is 1.58. The van der Waals surface area contributed by atoms with Crippen molar-refractivity contribution in [2.75, 3.05) is 11.9 Å². The van der Waals surface area contributed by atoms with Gasteiger partial charge in [0, 0.05) is 12.2 Å². The maximum absolute atomic E-state index is 3.51. The van der Waals surface area contributed by atoms with E-state index in [1.807, 2.05) is 0 Å². The third-order valence-corrected chi connectivity index (χ3v) is 2.50. The Labute approximate surface area is 87.5 Å². The van der Waals surface area contributed by atoms with Gasteiger partial charge in [-0.05, 0) is 37.3 Å². The molecule has 1 aromatic carbocycles. The summed E-state index contributed by atoms with van der Waals surface area (Å²) in [6, 6.07) is 6.42. The van der Waals surface area contributed by atoms with Gasteiger partial charge >= 0.3 is 0 Å². The highest BCUT2D eigenvalue weighted by Crippen LogP contribution is 2.19. The van der Waals surface area contributed by atoms with Crippen LogP contribution in [-0.4, -0.2) is 6.54 Å². The molecular formula is C13H21N. The normalized spacial score (nSPS) is 10.6. The molecule has 14 heavy (non-hydrogen) atoms. The Kier molecular flexibility index (Phi) is 3.99. The molecule has 0 aromatic heterocycles. The minimum Gasteiger partial charge on any atom is -0.385 e. The van der Waals surface area contributed by atoms with Crippen molar-refractivity contribution >= 4 is 5.69 Å². The van der Waals surface area contributed by atoms with Crippen LogP contribution in [0.5, 0.6) is 0 Å². The van der Waals surface area contributed by atoms with Crippen LogP contribution in [0.2, 0.25) is 0 Å². The number of hydrogen-bond donors (Lipinski definition) is 1. The molecule has 0 aliphatic heterocycles. The van der Waals surface area contributed by atoms with Crippen molar-refractivity contribution in [3.63, 3.8) is 0 Å². The first-order valence-electron chi connectivity index (χ1n) is 5.41. The van der Waals surface area contributed by atoms with Crippen LogP contribution in [0.1, 0.15) is 31.4 Å². The van der Waals surface area contributed by atoms with Gasteiger partial charge in [-0.2, -0.15) is 0 Å². The van der Waals surface area contributed by atoms with E-state index in [1.54, 1.807) is 0 Å². The van der Waals surface area contributed by atoms with E-state index in [2.05, 4.69) is 51.2 Å². The predicted molar refractivity (Wildman–Crippen MR) is 63.9 cm³/mol. The molecule has 1 nitrogen and oxygen atoms in total. The fraction of sp³-hybridized carbons (Fsp3) is 0.538. The van der Waals surface area contributed by atoms with E-state index in [4.69, 9.17) is 0 Å². The number of nitrogens with one attached hydrogen (secondary N) is 1. The third kappa shape index (κ3) is 3.06. The van der Waals surface area contributed by atoms with Crippen LogP contribution in [0.3, 0.4) is 0 Å². The van der Waals surface area contributed by atoms with E-state index in [9.17, 15) is 0 Å². The molecule has 1 heteroatoms. The van der Waals surface area contributed by atoms with Gasteiger partial charge in [-0.1, -0.05) is 32.0 Å². The van der Waals surface area contributed by atoms with Gasteiger partial charge in [0.25, 0.3) is 0 Å². The molecule has 0 spiro atoms. The summed E-state index contributed by atoms with van der Waals surface area (Å²) in [4.78, 5) is 0. The summed E-state index contributed by atoms with van der Waals surface area (Å²) in [7, 11) is 0. The van der Waals surface area contributed by atoms with Gasteiger partial charge in [-0.25, -0.2) is 0 Å². The number of para-hydroxylation sites is 1. The lowest BCUT2D eigenvalue weighted by atomic mass is 10.1. The van der Waals surface area contributed by atoms with E-state index in [1.165, 1.54) is 23.2 Å². The summed E-state index contributed by atoms with van der Waals surface area (Å²) in [5, 5.41) is 3.51. The topological polar surface area (TPSA) is 12.0 Å². The second-order valence-corrected chi connectivity index (χ2v) is 4.38. The number of rotatable bonds is 4. The highest BCUT2D eigenvalue weighted by atomic mass is 14.9. The van der Waals surface area contributed by atoms with Crippen LogP contribution in [0.25, 0.3) is 0 Å². The summed E-state index contributed by atoms with van der Waals surface area (Å²) in [6.07, 6.45) is 1.23. The predicted octanol–water partition coefficient (Wildman–Crippen LogP) is 3.76. The molecule has 0 aliphatic rings. The molecule has 0 atom stereocenters. The number of hydrogen-bond acceptors (Lipinski definition) is 1. The van der Waals surface area contributed by atoms with E-state index in [0.717, 1.165) is 12.5 Å². The number of benzene rings is 1. The second-order valence-electron chi connectivity index (χ2n) is 4.38. The lowest BCUT2D eigenvalue weighted by molar-refractivity contribution is 0.607. The van der Waals surface area contributed by atoms with Crippen molar-refractivity contribution in [3.8, 4) is 0 Å². The molecule has 0 saturated carbocycles. The summed E-state index contributed by atoms with van der Waals surface area (Å²) in [6.45, 7) is 9.90.